The maximum absolute atomic E-state index is 12.5. The second kappa shape index (κ2) is 8.07. The van der Waals surface area contributed by atoms with Crippen LogP contribution < -0.4 is 0 Å². The highest BCUT2D eigenvalue weighted by atomic mass is 19.4. The number of nitrogens with zero attached hydrogens (tertiary/aromatic N) is 6. The predicted octanol–water partition coefficient (Wildman–Crippen LogP) is 4.43. The lowest BCUT2D eigenvalue weighted by Gasteiger charge is -2.09. The molecule has 0 saturated heterocycles. The van der Waals surface area contributed by atoms with Gasteiger partial charge in [-0.2, -0.15) is 26.3 Å². The Balaban J connectivity index is 0.000000176. The van der Waals surface area contributed by atoms with Crippen molar-refractivity contribution in [2.75, 3.05) is 0 Å². The van der Waals surface area contributed by atoms with Gasteiger partial charge in [-0.25, -0.2) is 29.9 Å². The summed E-state index contributed by atoms with van der Waals surface area (Å²) in [5.41, 5.74) is 1.67. The molecular weight excluding hydrogens is 430 g/mol. The van der Waals surface area contributed by atoms with Gasteiger partial charge in [-0.05, 0) is 12.3 Å². The van der Waals surface area contributed by atoms with Gasteiger partial charge < -0.3 is 9.97 Å². The van der Waals surface area contributed by atoms with Gasteiger partial charge in [0.15, 0.2) is 11.3 Å². The van der Waals surface area contributed by atoms with Crippen LogP contribution in [0.2, 0.25) is 0 Å². The lowest BCUT2D eigenvalue weighted by Crippen LogP contribution is -2.13. The van der Waals surface area contributed by atoms with E-state index in [-0.39, 0.29) is 17.2 Å². The smallest absolute Gasteiger partial charge is 0.342 e. The molecule has 4 heterocycles. The Labute approximate surface area is 170 Å². The van der Waals surface area contributed by atoms with Gasteiger partial charge in [0.25, 0.3) is 0 Å². The summed E-state index contributed by atoms with van der Waals surface area (Å²) >= 11 is 0. The van der Waals surface area contributed by atoms with Crippen LogP contribution in [0.5, 0.6) is 0 Å². The second-order valence-electron chi connectivity index (χ2n) is 6.63. The number of hydrogen-bond donors (Lipinski definition) is 2. The highest BCUT2D eigenvalue weighted by molar-refractivity contribution is 5.73. The van der Waals surface area contributed by atoms with E-state index in [4.69, 9.17) is 0 Å². The van der Waals surface area contributed by atoms with Crippen LogP contribution in [0.25, 0.3) is 22.3 Å². The van der Waals surface area contributed by atoms with Crippen LogP contribution >= 0.6 is 0 Å². The Morgan fingerprint density at radius 1 is 0.774 bits per heavy atom. The Hall–Kier alpha value is -3.32. The largest absolute Gasteiger partial charge is 0.451 e. The summed E-state index contributed by atoms with van der Waals surface area (Å²) in [5, 5.41) is 0. The van der Waals surface area contributed by atoms with E-state index in [0.29, 0.717) is 28.8 Å². The topological polar surface area (TPSA) is 109 Å². The molecule has 0 fully saturated rings. The minimum Gasteiger partial charge on any atom is -0.342 e. The zero-order valence-corrected chi connectivity index (χ0v) is 16.4. The lowest BCUT2D eigenvalue weighted by atomic mass is 10.1. The maximum Gasteiger partial charge on any atom is 0.451 e. The molecule has 0 spiro atoms. The van der Waals surface area contributed by atoms with Gasteiger partial charge in [-0.15, -0.1) is 0 Å². The molecule has 0 aliphatic rings. The van der Waals surface area contributed by atoms with Crippen LogP contribution in [0.1, 0.15) is 49.7 Å². The SMILES string of the molecule is CC(C)c1nc(C(F)(F)F)nc2nc[nH]c12.CCc1nc(C(F)(F)F)nc2nc[nH]c12. The third-order valence-electron chi connectivity index (χ3n) is 4.06. The summed E-state index contributed by atoms with van der Waals surface area (Å²) in [6, 6.07) is 0. The van der Waals surface area contributed by atoms with Crippen molar-refractivity contribution in [1.82, 2.24) is 39.9 Å². The zero-order valence-electron chi connectivity index (χ0n) is 16.4. The first-order valence-electron chi connectivity index (χ1n) is 8.97. The van der Waals surface area contributed by atoms with Gasteiger partial charge in [0.1, 0.15) is 11.0 Å². The number of aromatic amines is 2. The Kier molecular flexibility index (Phi) is 5.83. The van der Waals surface area contributed by atoms with E-state index in [9.17, 15) is 26.3 Å². The van der Waals surface area contributed by atoms with Crippen molar-refractivity contribution in [1.29, 1.82) is 0 Å². The third kappa shape index (κ3) is 4.72. The van der Waals surface area contributed by atoms with Gasteiger partial charge in [-0.1, -0.05) is 20.8 Å². The molecule has 0 unspecified atom stereocenters. The molecule has 4 aromatic heterocycles. The van der Waals surface area contributed by atoms with Crippen LogP contribution in [0.15, 0.2) is 12.7 Å². The first kappa shape index (κ1) is 22.4. The molecule has 166 valence electrons. The van der Waals surface area contributed by atoms with Gasteiger partial charge in [0.2, 0.25) is 11.6 Å². The molecule has 2 N–H and O–H groups in total. The Morgan fingerprint density at radius 3 is 1.74 bits per heavy atom. The van der Waals surface area contributed by atoms with Gasteiger partial charge >= 0.3 is 12.4 Å². The van der Waals surface area contributed by atoms with Crippen LogP contribution in [-0.2, 0) is 18.8 Å². The summed E-state index contributed by atoms with van der Waals surface area (Å²) in [6.45, 7) is 5.26. The Bertz CT molecular complexity index is 1190. The predicted molar refractivity (Wildman–Crippen MR) is 96.8 cm³/mol. The maximum atomic E-state index is 12.5. The van der Waals surface area contributed by atoms with Crippen molar-refractivity contribution < 1.29 is 26.3 Å². The first-order valence-corrected chi connectivity index (χ1v) is 8.97. The molecule has 4 rings (SSSR count). The van der Waals surface area contributed by atoms with Crippen molar-refractivity contribution in [3.63, 3.8) is 0 Å². The molecule has 0 radical (unpaired) electrons. The minimum absolute atomic E-state index is 0.0472. The average molecular weight is 446 g/mol. The molecule has 0 aliphatic heterocycles. The molecule has 0 amide bonds. The summed E-state index contributed by atoms with van der Waals surface area (Å²) in [6.07, 6.45) is -6.07. The molecule has 0 aliphatic carbocycles. The van der Waals surface area contributed by atoms with Crippen LogP contribution in [0.4, 0.5) is 26.3 Å². The van der Waals surface area contributed by atoms with Gasteiger partial charge in [-0.3, -0.25) is 0 Å². The fraction of sp³-hybridized carbons (Fsp3) is 0.412. The molecule has 8 nitrogen and oxygen atoms in total. The molecule has 0 saturated carbocycles. The van der Waals surface area contributed by atoms with Crippen LogP contribution in [0, 0.1) is 0 Å². The van der Waals surface area contributed by atoms with Crippen LogP contribution in [-0.4, -0.2) is 39.9 Å². The second-order valence-corrected chi connectivity index (χ2v) is 6.63. The van der Waals surface area contributed by atoms with E-state index >= 15 is 0 Å². The van der Waals surface area contributed by atoms with Gasteiger partial charge in [0, 0.05) is 0 Å². The van der Waals surface area contributed by atoms with Crippen molar-refractivity contribution in [2.24, 2.45) is 0 Å². The van der Waals surface area contributed by atoms with E-state index < -0.39 is 24.0 Å². The monoisotopic (exact) mass is 446 g/mol. The number of alkyl halides is 6. The third-order valence-corrected chi connectivity index (χ3v) is 4.06. The lowest BCUT2D eigenvalue weighted by molar-refractivity contribution is -0.145. The zero-order chi connectivity index (χ0) is 23.0. The number of H-pyrrole nitrogens is 2. The molecule has 0 aromatic carbocycles. The molecular formula is C17H16F6N8. The highest BCUT2D eigenvalue weighted by Gasteiger charge is 2.36. The summed E-state index contributed by atoms with van der Waals surface area (Å²) in [5.74, 6) is -2.42. The molecule has 0 bridgehead atoms. The van der Waals surface area contributed by atoms with Crippen molar-refractivity contribution in [3.8, 4) is 0 Å². The standard InChI is InChI=1S/C9H9F3N4.C8H7F3N4/c1-4(2)5-6-7(14-3-13-6)16-8(15-5)9(10,11)12;1-2-4-5-6(13-3-12-5)15-7(14-4)8(9,10)11/h3-4H,1-2H3,(H,13,14,15,16);3H,2H2,1H3,(H,12,13,14,15). The molecule has 0 atom stereocenters. The fourth-order valence-electron chi connectivity index (χ4n) is 2.68. The van der Waals surface area contributed by atoms with Crippen molar-refractivity contribution >= 4 is 22.3 Å². The number of hydrogen-bond acceptors (Lipinski definition) is 6. The number of fused-ring (bicyclic) bond motifs is 2. The number of rotatable bonds is 2. The number of halogens is 6. The van der Waals surface area contributed by atoms with Gasteiger partial charge in [0.05, 0.1) is 24.0 Å². The number of aromatic nitrogens is 8. The van der Waals surface area contributed by atoms with Crippen LogP contribution in [0.3, 0.4) is 0 Å². The number of aryl methyl sites for hydroxylation is 1. The molecule has 4 aromatic rings. The summed E-state index contributed by atoms with van der Waals surface area (Å²) < 4.78 is 74.6. The van der Waals surface area contributed by atoms with E-state index in [0.717, 1.165) is 0 Å². The first-order chi connectivity index (χ1) is 14.4. The van der Waals surface area contributed by atoms with Crippen molar-refractivity contribution in [2.45, 2.75) is 45.5 Å². The number of nitrogens with one attached hydrogen (secondary N) is 2. The van der Waals surface area contributed by atoms with E-state index in [1.807, 2.05) is 0 Å². The summed E-state index contributed by atoms with van der Waals surface area (Å²) in [7, 11) is 0. The highest BCUT2D eigenvalue weighted by Crippen LogP contribution is 2.30. The van der Waals surface area contributed by atoms with E-state index in [2.05, 4.69) is 39.9 Å². The molecule has 14 heteroatoms. The molecule has 31 heavy (non-hydrogen) atoms. The summed E-state index contributed by atoms with van der Waals surface area (Å²) in [4.78, 5) is 26.6. The average Bonchev–Trinajstić information content (AvgIpc) is 3.34. The van der Waals surface area contributed by atoms with Crippen molar-refractivity contribution in [3.05, 3.63) is 35.7 Å². The van der Waals surface area contributed by atoms with E-state index in [1.54, 1.807) is 20.8 Å². The van der Waals surface area contributed by atoms with E-state index in [1.165, 1.54) is 12.7 Å². The minimum atomic E-state index is -4.54. The quantitative estimate of drug-likeness (QED) is 0.441. The fourth-order valence-corrected chi connectivity index (χ4v) is 2.68. The Morgan fingerprint density at radius 2 is 1.26 bits per heavy atom. The normalized spacial score (nSPS) is 12.5. The number of imidazole rings is 2.